The van der Waals surface area contributed by atoms with Crippen molar-refractivity contribution in [3.8, 4) is 0 Å². The average molecular weight is 192 g/mol. The molecule has 0 amide bonds. The largest absolute Gasteiger partial charge is 0.396 e. The maximum Gasteiger partial charge on any atom is 0.0487 e. The van der Waals surface area contributed by atoms with Gasteiger partial charge in [-0.3, -0.25) is 0 Å². The summed E-state index contributed by atoms with van der Waals surface area (Å²) >= 11 is 0. The molecule has 0 saturated carbocycles. The van der Waals surface area contributed by atoms with Crippen molar-refractivity contribution in [1.82, 2.24) is 0 Å². The lowest BCUT2D eigenvalue weighted by Crippen LogP contribution is -2.24. The second kappa shape index (κ2) is 5.16. The number of benzene rings is 1. The number of aliphatic hydroxyl groups is 1. The Morgan fingerprint density at radius 2 is 1.86 bits per heavy atom. The van der Waals surface area contributed by atoms with Crippen molar-refractivity contribution in [2.24, 2.45) is 5.41 Å². The van der Waals surface area contributed by atoms with Gasteiger partial charge in [-0.25, -0.2) is 0 Å². The fourth-order valence-corrected chi connectivity index (χ4v) is 1.92. The van der Waals surface area contributed by atoms with E-state index < -0.39 is 0 Å². The molecule has 0 aromatic heterocycles. The van der Waals surface area contributed by atoms with Crippen LogP contribution in [0.4, 0.5) is 0 Å². The first-order valence-corrected chi connectivity index (χ1v) is 5.35. The van der Waals surface area contributed by atoms with Gasteiger partial charge in [-0.2, -0.15) is 0 Å². The molecular formula is C13H20O. The Morgan fingerprint density at radius 3 is 2.36 bits per heavy atom. The van der Waals surface area contributed by atoms with E-state index in [0.29, 0.717) is 0 Å². The van der Waals surface area contributed by atoms with Gasteiger partial charge in [0.25, 0.3) is 0 Å². The van der Waals surface area contributed by atoms with Gasteiger partial charge in [-0.15, -0.1) is 0 Å². The van der Waals surface area contributed by atoms with Gasteiger partial charge in [-0.05, 0) is 23.8 Å². The molecule has 0 fully saturated rings. The molecule has 0 aliphatic heterocycles. The first kappa shape index (κ1) is 11.3. The summed E-state index contributed by atoms with van der Waals surface area (Å²) in [7, 11) is 0. The van der Waals surface area contributed by atoms with E-state index >= 15 is 0 Å². The van der Waals surface area contributed by atoms with Gasteiger partial charge >= 0.3 is 0 Å². The predicted octanol–water partition coefficient (Wildman–Crippen LogP) is 3.03. The lowest BCUT2D eigenvalue weighted by molar-refractivity contribution is 0.131. The van der Waals surface area contributed by atoms with Gasteiger partial charge in [0, 0.05) is 6.61 Å². The van der Waals surface area contributed by atoms with Crippen molar-refractivity contribution in [2.75, 3.05) is 6.61 Å². The summed E-state index contributed by atoms with van der Waals surface area (Å²) in [4.78, 5) is 0. The standard InChI is InChI=1S/C13H20O/c1-3-9-13(2,11-14)10-12-7-5-4-6-8-12/h4-8,14H,3,9-11H2,1-2H3. The van der Waals surface area contributed by atoms with Crippen LogP contribution in [-0.2, 0) is 6.42 Å². The van der Waals surface area contributed by atoms with Crippen LogP contribution >= 0.6 is 0 Å². The van der Waals surface area contributed by atoms with E-state index in [1.54, 1.807) is 0 Å². The Kier molecular flexibility index (Phi) is 4.15. The van der Waals surface area contributed by atoms with Crippen molar-refractivity contribution in [1.29, 1.82) is 0 Å². The normalized spacial score (nSPS) is 15.1. The summed E-state index contributed by atoms with van der Waals surface area (Å²) in [5.74, 6) is 0. The number of aliphatic hydroxyl groups excluding tert-OH is 1. The Balaban J connectivity index is 2.65. The predicted molar refractivity (Wildman–Crippen MR) is 60.2 cm³/mol. The van der Waals surface area contributed by atoms with Crippen LogP contribution in [0.3, 0.4) is 0 Å². The van der Waals surface area contributed by atoms with Crippen LogP contribution < -0.4 is 0 Å². The van der Waals surface area contributed by atoms with Gasteiger partial charge in [0.15, 0.2) is 0 Å². The number of hydrogen-bond acceptors (Lipinski definition) is 1. The van der Waals surface area contributed by atoms with Crippen molar-refractivity contribution < 1.29 is 5.11 Å². The van der Waals surface area contributed by atoms with E-state index in [2.05, 4.69) is 38.1 Å². The third-order valence-electron chi connectivity index (χ3n) is 2.71. The van der Waals surface area contributed by atoms with Crippen LogP contribution in [0, 0.1) is 5.41 Å². The lowest BCUT2D eigenvalue weighted by Gasteiger charge is -2.26. The highest BCUT2D eigenvalue weighted by Gasteiger charge is 2.22. The Bertz CT molecular complexity index is 255. The molecule has 0 heterocycles. The van der Waals surface area contributed by atoms with Crippen LogP contribution in [0.5, 0.6) is 0 Å². The molecule has 78 valence electrons. The molecule has 0 spiro atoms. The Morgan fingerprint density at radius 1 is 1.21 bits per heavy atom. The quantitative estimate of drug-likeness (QED) is 0.760. The molecule has 0 aliphatic rings. The van der Waals surface area contributed by atoms with E-state index in [-0.39, 0.29) is 12.0 Å². The summed E-state index contributed by atoms with van der Waals surface area (Å²) in [6.45, 7) is 4.60. The maximum atomic E-state index is 9.38. The molecule has 0 saturated heterocycles. The van der Waals surface area contributed by atoms with Crippen LogP contribution in [0.2, 0.25) is 0 Å². The first-order valence-electron chi connectivity index (χ1n) is 5.35. The van der Waals surface area contributed by atoms with E-state index in [4.69, 9.17) is 0 Å². The molecule has 1 aromatic carbocycles. The van der Waals surface area contributed by atoms with E-state index in [9.17, 15) is 5.11 Å². The van der Waals surface area contributed by atoms with Crippen LogP contribution in [-0.4, -0.2) is 11.7 Å². The summed E-state index contributed by atoms with van der Waals surface area (Å²) in [6, 6.07) is 10.4. The molecule has 0 bridgehead atoms. The van der Waals surface area contributed by atoms with Crippen molar-refractivity contribution in [2.45, 2.75) is 33.1 Å². The van der Waals surface area contributed by atoms with Crippen LogP contribution in [0.25, 0.3) is 0 Å². The molecule has 14 heavy (non-hydrogen) atoms. The summed E-state index contributed by atoms with van der Waals surface area (Å²) in [5, 5.41) is 9.38. The Hall–Kier alpha value is -0.820. The highest BCUT2D eigenvalue weighted by Crippen LogP contribution is 2.27. The van der Waals surface area contributed by atoms with E-state index in [0.717, 1.165) is 19.3 Å². The smallest absolute Gasteiger partial charge is 0.0487 e. The van der Waals surface area contributed by atoms with Gasteiger partial charge in [0.05, 0.1) is 0 Å². The monoisotopic (exact) mass is 192 g/mol. The van der Waals surface area contributed by atoms with Gasteiger partial charge in [-0.1, -0.05) is 50.6 Å². The molecule has 1 unspecified atom stereocenters. The molecule has 1 rings (SSSR count). The third kappa shape index (κ3) is 3.15. The molecule has 1 N–H and O–H groups in total. The van der Waals surface area contributed by atoms with Crippen LogP contribution in [0.1, 0.15) is 32.3 Å². The van der Waals surface area contributed by atoms with Crippen molar-refractivity contribution in [3.63, 3.8) is 0 Å². The van der Waals surface area contributed by atoms with Gasteiger partial charge in [0.1, 0.15) is 0 Å². The fourth-order valence-electron chi connectivity index (χ4n) is 1.92. The highest BCUT2D eigenvalue weighted by molar-refractivity contribution is 5.16. The molecule has 1 aromatic rings. The Labute approximate surface area is 86.8 Å². The van der Waals surface area contributed by atoms with Gasteiger partial charge < -0.3 is 5.11 Å². The maximum absolute atomic E-state index is 9.38. The van der Waals surface area contributed by atoms with Crippen LogP contribution in [0.15, 0.2) is 30.3 Å². The fraction of sp³-hybridized carbons (Fsp3) is 0.538. The van der Waals surface area contributed by atoms with Gasteiger partial charge in [0.2, 0.25) is 0 Å². The lowest BCUT2D eigenvalue weighted by atomic mass is 9.80. The minimum absolute atomic E-state index is 0.0517. The number of hydrogen-bond donors (Lipinski definition) is 1. The summed E-state index contributed by atoms with van der Waals surface area (Å²) in [6.07, 6.45) is 3.18. The average Bonchev–Trinajstić information content (AvgIpc) is 2.20. The zero-order valence-corrected chi connectivity index (χ0v) is 9.16. The second-order valence-corrected chi connectivity index (χ2v) is 4.38. The molecule has 0 aliphatic carbocycles. The highest BCUT2D eigenvalue weighted by atomic mass is 16.3. The first-order chi connectivity index (χ1) is 6.70. The van der Waals surface area contributed by atoms with Crippen molar-refractivity contribution >= 4 is 0 Å². The molecule has 0 radical (unpaired) electrons. The SMILES string of the molecule is CCCC(C)(CO)Cc1ccccc1. The summed E-state index contributed by atoms with van der Waals surface area (Å²) < 4.78 is 0. The minimum Gasteiger partial charge on any atom is -0.396 e. The third-order valence-corrected chi connectivity index (χ3v) is 2.71. The number of rotatable bonds is 5. The van der Waals surface area contributed by atoms with E-state index in [1.807, 2.05) is 6.07 Å². The topological polar surface area (TPSA) is 20.2 Å². The van der Waals surface area contributed by atoms with Crippen molar-refractivity contribution in [3.05, 3.63) is 35.9 Å². The second-order valence-electron chi connectivity index (χ2n) is 4.38. The van der Waals surface area contributed by atoms with E-state index in [1.165, 1.54) is 5.56 Å². The molecular weight excluding hydrogens is 172 g/mol. The zero-order valence-electron chi connectivity index (χ0n) is 9.16. The minimum atomic E-state index is 0.0517. The zero-order chi connectivity index (χ0) is 10.4. The summed E-state index contributed by atoms with van der Waals surface area (Å²) in [5.41, 5.74) is 1.37. The molecule has 1 heteroatoms. The molecule has 1 atom stereocenters. The molecule has 1 nitrogen and oxygen atoms in total.